The topological polar surface area (TPSA) is 30.7 Å². The molecule has 1 aromatic carbocycles. The van der Waals surface area contributed by atoms with E-state index in [0.29, 0.717) is 33.3 Å². The van der Waals surface area contributed by atoms with Crippen molar-refractivity contribution in [1.29, 1.82) is 0 Å². The van der Waals surface area contributed by atoms with Gasteiger partial charge in [0.1, 0.15) is 11.0 Å². The maximum absolute atomic E-state index is 16.6. The molecule has 0 saturated heterocycles. The molecule has 3 nitrogen and oxygen atoms in total. The second-order valence-corrected chi connectivity index (χ2v) is 21.8. The Labute approximate surface area is 376 Å². The first kappa shape index (κ1) is 48.1. The minimum atomic E-state index is -0.846. The van der Waals surface area contributed by atoms with Gasteiger partial charge >= 0.3 is 0 Å². The van der Waals surface area contributed by atoms with Crippen molar-refractivity contribution in [3.63, 3.8) is 0 Å². The molecular formula is C50H72BrF2N3S3. The van der Waals surface area contributed by atoms with Gasteiger partial charge < -0.3 is 0 Å². The molecule has 326 valence electrons. The number of thiophene rings is 3. The van der Waals surface area contributed by atoms with E-state index in [0.717, 1.165) is 33.8 Å². The first-order valence-electron chi connectivity index (χ1n) is 23.6. The second kappa shape index (κ2) is 26.5. The Kier molecular flexibility index (Phi) is 21.6. The zero-order valence-corrected chi connectivity index (χ0v) is 40.7. The molecular weight excluding hydrogens is 857 g/mol. The number of hydrogen-bond acceptors (Lipinski definition) is 5. The van der Waals surface area contributed by atoms with E-state index in [1.165, 1.54) is 174 Å². The second-order valence-electron chi connectivity index (χ2n) is 17.1. The van der Waals surface area contributed by atoms with E-state index < -0.39 is 11.6 Å². The molecule has 0 fully saturated rings. The van der Waals surface area contributed by atoms with E-state index in [2.05, 4.69) is 61.8 Å². The van der Waals surface area contributed by atoms with E-state index in [1.54, 1.807) is 4.80 Å². The van der Waals surface area contributed by atoms with E-state index >= 15 is 8.78 Å². The van der Waals surface area contributed by atoms with Gasteiger partial charge in [0.2, 0.25) is 0 Å². The molecule has 0 N–H and O–H groups in total. The molecule has 0 bridgehead atoms. The minimum Gasteiger partial charge on any atom is -0.203 e. The molecule has 0 amide bonds. The maximum atomic E-state index is 16.6. The van der Waals surface area contributed by atoms with Crippen LogP contribution in [0, 0.1) is 23.5 Å². The minimum absolute atomic E-state index is 0.212. The summed E-state index contributed by atoms with van der Waals surface area (Å²) in [6.45, 7) is 9.76. The van der Waals surface area contributed by atoms with Crippen LogP contribution in [-0.2, 0) is 13.0 Å². The molecule has 0 spiro atoms. The molecule has 4 aromatic heterocycles. The van der Waals surface area contributed by atoms with Crippen LogP contribution in [0.4, 0.5) is 8.78 Å². The average molecular weight is 929 g/mol. The maximum Gasteiger partial charge on any atom is 0.170 e. The lowest BCUT2D eigenvalue weighted by atomic mass is 9.91. The molecule has 2 atom stereocenters. The normalized spacial score (nSPS) is 12.9. The van der Waals surface area contributed by atoms with Crippen molar-refractivity contribution in [1.82, 2.24) is 15.0 Å². The molecule has 2 unspecified atom stereocenters. The number of aromatic nitrogens is 3. The van der Waals surface area contributed by atoms with E-state index in [1.807, 2.05) is 29.5 Å². The summed E-state index contributed by atoms with van der Waals surface area (Å²) in [6, 6.07) is 12.3. The average Bonchev–Trinajstić information content (AvgIpc) is 4.06. The molecule has 0 aliphatic heterocycles. The van der Waals surface area contributed by atoms with Gasteiger partial charge in [-0.05, 0) is 83.4 Å². The zero-order chi connectivity index (χ0) is 41.8. The van der Waals surface area contributed by atoms with Gasteiger partial charge in [-0.2, -0.15) is 15.0 Å². The summed E-state index contributed by atoms with van der Waals surface area (Å²) < 4.78 is 34.0. The van der Waals surface area contributed by atoms with Crippen molar-refractivity contribution < 1.29 is 8.78 Å². The highest BCUT2D eigenvalue weighted by Crippen LogP contribution is 2.45. The molecule has 0 radical (unpaired) electrons. The Bertz CT molecular complexity index is 1920. The van der Waals surface area contributed by atoms with Gasteiger partial charge in [0, 0.05) is 24.4 Å². The lowest BCUT2D eigenvalue weighted by molar-refractivity contribution is 0.327. The first-order valence-corrected chi connectivity index (χ1v) is 26.8. The fraction of sp³-hybridized carbons (Fsp3) is 0.640. The molecule has 5 rings (SSSR count). The van der Waals surface area contributed by atoms with Gasteiger partial charge in [-0.1, -0.05) is 169 Å². The number of rotatable bonds is 31. The van der Waals surface area contributed by atoms with Crippen LogP contribution in [0.1, 0.15) is 187 Å². The molecule has 4 heterocycles. The highest BCUT2D eigenvalue weighted by Gasteiger charge is 2.28. The first-order chi connectivity index (χ1) is 28.9. The van der Waals surface area contributed by atoms with Crippen LogP contribution in [0.25, 0.3) is 41.7 Å². The van der Waals surface area contributed by atoms with E-state index in [9.17, 15) is 0 Å². The lowest BCUT2D eigenvalue weighted by Crippen LogP contribution is -2.14. The number of hydrogen-bond donors (Lipinski definition) is 0. The van der Waals surface area contributed by atoms with Gasteiger partial charge in [-0.3, -0.25) is 0 Å². The summed E-state index contributed by atoms with van der Waals surface area (Å²) in [6.07, 6.45) is 31.8. The number of fused-ring (bicyclic) bond motifs is 1. The van der Waals surface area contributed by atoms with Crippen LogP contribution in [0.5, 0.6) is 0 Å². The van der Waals surface area contributed by atoms with Crippen molar-refractivity contribution in [2.45, 2.75) is 195 Å². The van der Waals surface area contributed by atoms with Crippen molar-refractivity contribution in [2.75, 3.05) is 0 Å². The molecule has 5 aromatic rings. The van der Waals surface area contributed by atoms with Crippen LogP contribution in [-0.4, -0.2) is 15.0 Å². The van der Waals surface area contributed by atoms with Crippen LogP contribution in [0.3, 0.4) is 0 Å². The van der Waals surface area contributed by atoms with Gasteiger partial charge in [0.05, 0.1) is 21.5 Å². The zero-order valence-electron chi connectivity index (χ0n) is 36.7. The monoisotopic (exact) mass is 927 g/mol. The standard InChI is InChI=1S/C50H72BrF2N3S3/c1-5-9-13-17-19-23-26-37(25-21-15-11-7-3)35-39-29-30-40(57-39)41-31-32-42(58-41)45-47(52)48(53)46(43-33-34-44(51)59-43)50-49(45)54-56(55-50)36-38(27-22-16-12-8-4)28-24-20-18-14-10-6-2/h29-34,37-38H,5-28,35-36H2,1-4H3. The Morgan fingerprint density at radius 3 is 1.41 bits per heavy atom. The Morgan fingerprint density at radius 1 is 0.492 bits per heavy atom. The molecule has 9 heteroatoms. The van der Waals surface area contributed by atoms with Gasteiger partial charge in [-0.25, -0.2) is 8.78 Å². The highest BCUT2D eigenvalue weighted by molar-refractivity contribution is 9.11. The predicted octanol–water partition coefficient (Wildman–Crippen LogP) is 18.9. The van der Waals surface area contributed by atoms with E-state index in [4.69, 9.17) is 10.2 Å². The van der Waals surface area contributed by atoms with Crippen LogP contribution >= 0.6 is 49.9 Å². The molecule has 59 heavy (non-hydrogen) atoms. The third-order valence-corrected chi connectivity index (χ3v) is 16.2. The number of benzene rings is 1. The van der Waals surface area contributed by atoms with Gasteiger partial charge in [0.15, 0.2) is 11.6 Å². The van der Waals surface area contributed by atoms with Crippen LogP contribution < -0.4 is 0 Å². The van der Waals surface area contributed by atoms with Gasteiger partial charge in [-0.15, -0.1) is 34.0 Å². The SMILES string of the molecule is CCCCCCCCC(CCCCCC)Cc1ccc(-c2ccc(-c3c(F)c(F)c(-c4ccc(Br)s4)c4nn(CC(CCCCCC)CCCCCCCC)nc34)s2)s1. The van der Waals surface area contributed by atoms with Crippen molar-refractivity contribution in [3.8, 4) is 30.6 Å². The number of halogens is 3. The molecule has 0 saturated carbocycles. The number of nitrogens with zero attached hydrogens (tertiary/aromatic N) is 3. The fourth-order valence-corrected chi connectivity index (χ4v) is 12.3. The number of unbranched alkanes of at least 4 members (excludes halogenated alkanes) is 16. The summed E-state index contributed by atoms with van der Waals surface area (Å²) in [7, 11) is 0. The molecule has 0 aliphatic rings. The van der Waals surface area contributed by atoms with Gasteiger partial charge in [0.25, 0.3) is 0 Å². The quantitative estimate of drug-likeness (QED) is 0.0415. The summed E-state index contributed by atoms with van der Waals surface area (Å²) in [5, 5.41) is 10.0. The van der Waals surface area contributed by atoms with E-state index in [-0.39, 0.29) is 11.1 Å². The van der Waals surface area contributed by atoms with Crippen LogP contribution in [0.15, 0.2) is 40.2 Å². The Hall–Kier alpha value is -1.94. The summed E-state index contributed by atoms with van der Waals surface area (Å²) >= 11 is 8.35. The Balaban J connectivity index is 1.39. The summed E-state index contributed by atoms with van der Waals surface area (Å²) in [5.41, 5.74) is 1.34. The van der Waals surface area contributed by atoms with Crippen molar-refractivity contribution in [2.24, 2.45) is 11.8 Å². The highest BCUT2D eigenvalue weighted by atomic mass is 79.9. The third kappa shape index (κ3) is 14.8. The smallest absolute Gasteiger partial charge is 0.170 e. The lowest BCUT2D eigenvalue weighted by Gasteiger charge is -2.16. The van der Waals surface area contributed by atoms with Crippen molar-refractivity contribution >= 4 is 61.0 Å². The Morgan fingerprint density at radius 2 is 0.898 bits per heavy atom. The van der Waals surface area contributed by atoms with Crippen molar-refractivity contribution in [3.05, 3.63) is 56.7 Å². The molecule has 0 aliphatic carbocycles. The largest absolute Gasteiger partial charge is 0.203 e. The summed E-state index contributed by atoms with van der Waals surface area (Å²) in [5.74, 6) is -0.532. The summed E-state index contributed by atoms with van der Waals surface area (Å²) in [4.78, 5) is 6.83. The van der Waals surface area contributed by atoms with Crippen LogP contribution in [0.2, 0.25) is 0 Å². The predicted molar refractivity (Wildman–Crippen MR) is 259 cm³/mol. The fourth-order valence-electron chi connectivity index (χ4n) is 8.65. The third-order valence-electron chi connectivity index (χ3n) is 12.1.